The summed E-state index contributed by atoms with van der Waals surface area (Å²) >= 11 is 0. The Labute approximate surface area is 232 Å². The normalized spacial score (nSPS) is 12.0. The number of hydrogen-bond acceptors (Lipinski definition) is 6. The van der Waals surface area contributed by atoms with Crippen molar-refractivity contribution in [3.8, 4) is 5.69 Å². The summed E-state index contributed by atoms with van der Waals surface area (Å²) in [5.41, 5.74) is 1.92. The Morgan fingerprint density at radius 2 is 1.65 bits per heavy atom. The molecule has 208 valence electrons. The lowest BCUT2D eigenvalue weighted by Crippen LogP contribution is -2.30. The number of hydrogen-bond donors (Lipinski definition) is 2. The maximum Gasteiger partial charge on any atom is 0.338 e. The number of esters is 1. The van der Waals surface area contributed by atoms with Crippen LogP contribution in [0.3, 0.4) is 0 Å². The summed E-state index contributed by atoms with van der Waals surface area (Å²) in [5.74, 6) is -1.40. The van der Waals surface area contributed by atoms with Gasteiger partial charge in [-0.05, 0) is 68.3 Å². The van der Waals surface area contributed by atoms with Crippen molar-refractivity contribution in [1.29, 1.82) is 0 Å². The molecule has 0 saturated carbocycles. The monoisotopic (exact) mass is 562 g/mol. The molecule has 1 unspecified atom stereocenters. The van der Waals surface area contributed by atoms with Gasteiger partial charge >= 0.3 is 5.97 Å². The van der Waals surface area contributed by atoms with Crippen molar-refractivity contribution < 1.29 is 22.7 Å². The molecule has 0 spiro atoms. The average molecular weight is 563 g/mol. The zero-order valence-corrected chi connectivity index (χ0v) is 23.4. The van der Waals surface area contributed by atoms with E-state index in [0.717, 1.165) is 18.1 Å². The molecule has 1 atom stereocenters. The van der Waals surface area contributed by atoms with Crippen LogP contribution in [-0.2, 0) is 33.0 Å². The molecule has 0 bridgehead atoms. The van der Waals surface area contributed by atoms with Gasteiger partial charge in [0.25, 0.3) is 21.5 Å². The molecule has 0 radical (unpaired) electrons. The Hall–Kier alpha value is -4.64. The molecule has 10 nitrogen and oxygen atoms in total. The van der Waals surface area contributed by atoms with Crippen molar-refractivity contribution >= 4 is 33.3 Å². The molecule has 0 saturated heterocycles. The number of amides is 1. The number of nitrogens with one attached hydrogen (secondary N) is 2. The molecule has 3 aromatic carbocycles. The lowest BCUT2D eigenvalue weighted by atomic mass is 10.1. The maximum absolute atomic E-state index is 13.2. The highest BCUT2D eigenvalue weighted by Crippen LogP contribution is 2.20. The van der Waals surface area contributed by atoms with Gasteiger partial charge in [-0.2, -0.15) is 0 Å². The molecular weight excluding hydrogens is 532 g/mol. The minimum Gasteiger partial charge on any atom is -0.449 e. The minimum atomic E-state index is -4.26. The SMILES string of the molecule is CCc1ccc(NC(=O)C(C)OC(=O)c2cccc(S(=O)(=O)Nc3c(C)n(C)n(-c4ccccc4)c3=O)c2)cc1. The van der Waals surface area contributed by atoms with Gasteiger partial charge in [0.05, 0.1) is 21.8 Å². The number of nitrogens with zero attached hydrogens (tertiary/aromatic N) is 2. The van der Waals surface area contributed by atoms with Crippen LogP contribution in [-0.4, -0.2) is 35.8 Å². The van der Waals surface area contributed by atoms with E-state index in [4.69, 9.17) is 4.74 Å². The fourth-order valence-corrected chi connectivity index (χ4v) is 5.18. The molecule has 1 heterocycles. The van der Waals surface area contributed by atoms with Crippen molar-refractivity contribution in [2.75, 3.05) is 10.0 Å². The molecule has 4 rings (SSSR count). The smallest absolute Gasteiger partial charge is 0.338 e. The van der Waals surface area contributed by atoms with Gasteiger partial charge in [-0.15, -0.1) is 0 Å². The van der Waals surface area contributed by atoms with Gasteiger partial charge < -0.3 is 10.1 Å². The second-order valence-corrected chi connectivity index (χ2v) is 10.8. The van der Waals surface area contributed by atoms with E-state index in [2.05, 4.69) is 10.0 Å². The van der Waals surface area contributed by atoms with Gasteiger partial charge in [-0.1, -0.05) is 43.3 Å². The van der Waals surface area contributed by atoms with E-state index in [1.807, 2.05) is 25.1 Å². The van der Waals surface area contributed by atoms with Crippen LogP contribution < -0.4 is 15.6 Å². The van der Waals surface area contributed by atoms with Crippen LogP contribution in [0.1, 0.15) is 35.5 Å². The molecule has 0 aliphatic heterocycles. The van der Waals surface area contributed by atoms with E-state index in [1.165, 1.54) is 29.8 Å². The van der Waals surface area contributed by atoms with E-state index in [0.29, 0.717) is 17.1 Å². The third-order valence-corrected chi connectivity index (χ3v) is 7.80. The van der Waals surface area contributed by atoms with Crippen LogP contribution in [0.4, 0.5) is 11.4 Å². The third-order valence-electron chi connectivity index (χ3n) is 6.45. The first-order valence-corrected chi connectivity index (χ1v) is 14.1. The molecule has 11 heteroatoms. The average Bonchev–Trinajstić information content (AvgIpc) is 3.16. The zero-order valence-electron chi connectivity index (χ0n) is 22.5. The second-order valence-electron chi connectivity index (χ2n) is 9.16. The van der Waals surface area contributed by atoms with Crippen LogP contribution in [0.2, 0.25) is 0 Å². The summed E-state index contributed by atoms with van der Waals surface area (Å²) in [6.07, 6.45) is -0.274. The fourth-order valence-electron chi connectivity index (χ4n) is 4.02. The number of ether oxygens (including phenoxy) is 1. The maximum atomic E-state index is 13.2. The first-order chi connectivity index (χ1) is 19.0. The number of carbonyl (C=O) groups is 2. The summed E-state index contributed by atoms with van der Waals surface area (Å²) in [7, 11) is -2.61. The Kier molecular flexibility index (Phi) is 8.24. The van der Waals surface area contributed by atoms with E-state index in [-0.39, 0.29) is 16.1 Å². The predicted octanol–water partition coefficient (Wildman–Crippen LogP) is 4.03. The van der Waals surface area contributed by atoms with Crippen LogP contribution in [0.25, 0.3) is 5.69 Å². The molecule has 2 N–H and O–H groups in total. The predicted molar refractivity (Wildman–Crippen MR) is 152 cm³/mol. The van der Waals surface area contributed by atoms with Crippen LogP contribution in [0.5, 0.6) is 0 Å². The van der Waals surface area contributed by atoms with Crippen molar-refractivity contribution in [3.63, 3.8) is 0 Å². The van der Waals surface area contributed by atoms with Gasteiger partial charge in [0.15, 0.2) is 6.10 Å². The van der Waals surface area contributed by atoms with Gasteiger partial charge in [-0.3, -0.25) is 19.0 Å². The van der Waals surface area contributed by atoms with Crippen molar-refractivity contribution in [2.45, 2.75) is 38.2 Å². The number of aromatic nitrogens is 2. The Bertz CT molecular complexity index is 1710. The quantitative estimate of drug-likeness (QED) is 0.297. The molecule has 0 aliphatic rings. The standard InChI is InChI=1S/C29H30N4O6S/c1-5-21-14-16-23(17-15-21)30-27(34)20(3)39-29(36)22-10-9-13-25(18-22)40(37,38)31-26-19(2)32(4)33(28(26)35)24-11-7-6-8-12-24/h6-18,20,31H,5H2,1-4H3,(H,30,34). The Balaban J connectivity index is 1.50. The topological polar surface area (TPSA) is 128 Å². The lowest BCUT2D eigenvalue weighted by molar-refractivity contribution is -0.123. The van der Waals surface area contributed by atoms with Crippen LogP contribution in [0.15, 0.2) is 88.6 Å². The number of rotatable bonds is 9. The summed E-state index contributed by atoms with van der Waals surface area (Å²) < 4.78 is 37.0. The van der Waals surface area contributed by atoms with Crippen molar-refractivity contribution in [1.82, 2.24) is 9.36 Å². The minimum absolute atomic E-state index is 0.0682. The fraction of sp³-hybridized carbons (Fsp3) is 0.207. The Morgan fingerprint density at radius 1 is 0.975 bits per heavy atom. The first kappa shape index (κ1) is 28.4. The molecular formula is C29H30N4O6S. The summed E-state index contributed by atoms with van der Waals surface area (Å²) in [6, 6.07) is 21.3. The number of anilines is 2. The first-order valence-electron chi connectivity index (χ1n) is 12.6. The molecule has 0 aliphatic carbocycles. The van der Waals surface area contributed by atoms with Gasteiger partial charge in [0, 0.05) is 12.7 Å². The number of aryl methyl sites for hydroxylation is 1. The van der Waals surface area contributed by atoms with Gasteiger partial charge in [0.1, 0.15) is 5.69 Å². The van der Waals surface area contributed by atoms with Crippen LogP contribution >= 0.6 is 0 Å². The second kappa shape index (κ2) is 11.6. The number of sulfonamides is 1. The highest BCUT2D eigenvalue weighted by atomic mass is 32.2. The molecule has 40 heavy (non-hydrogen) atoms. The van der Waals surface area contributed by atoms with E-state index in [9.17, 15) is 22.8 Å². The van der Waals surface area contributed by atoms with Crippen molar-refractivity contribution in [3.05, 3.63) is 106 Å². The number of benzene rings is 3. The molecule has 0 fully saturated rings. The molecule has 1 amide bonds. The highest BCUT2D eigenvalue weighted by molar-refractivity contribution is 7.92. The summed E-state index contributed by atoms with van der Waals surface area (Å²) in [5, 5.41) is 2.69. The van der Waals surface area contributed by atoms with Crippen LogP contribution in [0, 0.1) is 6.92 Å². The summed E-state index contributed by atoms with van der Waals surface area (Å²) in [4.78, 5) is 38.2. The zero-order chi connectivity index (χ0) is 29.0. The van der Waals surface area contributed by atoms with Gasteiger partial charge in [-0.25, -0.2) is 17.9 Å². The third kappa shape index (κ3) is 5.99. The van der Waals surface area contributed by atoms with E-state index in [1.54, 1.807) is 55.1 Å². The molecule has 1 aromatic heterocycles. The summed E-state index contributed by atoms with van der Waals surface area (Å²) in [6.45, 7) is 5.07. The van der Waals surface area contributed by atoms with E-state index < -0.39 is 33.6 Å². The van der Waals surface area contributed by atoms with Crippen molar-refractivity contribution in [2.24, 2.45) is 7.05 Å². The number of para-hydroxylation sites is 1. The number of carbonyl (C=O) groups excluding carboxylic acids is 2. The largest absolute Gasteiger partial charge is 0.449 e. The molecule has 4 aromatic rings. The lowest BCUT2D eigenvalue weighted by Gasteiger charge is -2.14. The van der Waals surface area contributed by atoms with Gasteiger partial charge in [0.2, 0.25) is 0 Å². The van der Waals surface area contributed by atoms with E-state index >= 15 is 0 Å². The Morgan fingerprint density at radius 3 is 2.30 bits per heavy atom. The highest BCUT2D eigenvalue weighted by Gasteiger charge is 2.24.